The van der Waals surface area contributed by atoms with E-state index in [2.05, 4.69) is 206 Å². The third kappa shape index (κ3) is 5.25. The molecule has 0 fully saturated rings. The van der Waals surface area contributed by atoms with Crippen molar-refractivity contribution in [1.82, 2.24) is 0 Å². The van der Waals surface area contributed by atoms with Crippen molar-refractivity contribution in [3.8, 4) is 55.6 Å². The fourth-order valence-electron chi connectivity index (χ4n) is 8.03. The molecule has 0 saturated heterocycles. The molecule has 242 valence electrons. The Kier molecular flexibility index (Phi) is 7.25. The zero-order chi connectivity index (χ0) is 34.4. The van der Waals surface area contributed by atoms with Crippen LogP contribution in [0.2, 0.25) is 0 Å². The Morgan fingerprint density at radius 1 is 0.173 bits per heavy atom. The normalized spacial score (nSPS) is 11.5. The zero-order valence-corrected chi connectivity index (χ0v) is 28.6. The summed E-state index contributed by atoms with van der Waals surface area (Å²) < 4.78 is 0. The molecule has 0 spiro atoms. The second kappa shape index (κ2) is 12.5. The second-order valence-electron chi connectivity index (χ2n) is 13.7. The van der Waals surface area contributed by atoms with Gasteiger partial charge in [-0.25, -0.2) is 0 Å². The molecule has 0 aromatic heterocycles. The average Bonchev–Trinajstić information content (AvgIpc) is 3.22. The van der Waals surface area contributed by atoms with Crippen molar-refractivity contribution in [2.75, 3.05) is 0 Å². The van der Waals surface area contributed by atoms with Crippen molar-refractivity contribution in [1.29, 1.82) is 0 Å². The maximum atomic E-state index is 2.36. The van der Waals surface area contributed by atoms with Crippen molar-refractivity contribution in [3.63, 3.8) is 0 Å². The molecule has 0 saturated carbocycles. The fraction of sp³-hybridized carbons (Fsp3) is 0. The second-order valence-corrected chi connectivity index (χ2v) is 13.7. The van der Waals surface area contributed by atoms with Gasteiger partial charge in [0.1, 0.15) is 0 Å². The van der Waals surface area contributed by atoms with Crippen LogP contribution in [0.5, 0.6) is 0 Å². The summed E-state index contributed by atoms with van der Waals surface area (Å²) in [5.74, 6) is 0. The van der Waals surface area contributed by atoms with E-state index in [1.807, 2.05) is 0 Å². The van der Waals surface area contributed by atoms with Crippen LogP contribution in [0.4, 0.5) is 0 Å². The first-order chi connectivity index (χ1) is 25.8. The monoisotopic (exact) mass is 658 g/mol. The number of hydrogen-bond acceptors (Lipinski definition) is 0. The largest absolute Gasteiger partial charge is 0.0616 e. The predicted octanol–water partition coefficient (Wildman–Crippen LogP) is 14.6. The van der Waals surface area contributed by atoms with Gasteiger partial charge in [0, 0.05) is 0 Å². The lowest BCUT2D eigenvalue weighted by atomic mass is 9.85. The zero-order valence-electron chi connectivity index (χ0n) is 28.6. The van der Waals surface area contributed by atoms with Crippen LogP contribution in [0.1, 0.15) is 0 Å². The van der Waals surface area contributed by atoms with E-state index in [0.717, 1.165) is 0 Å². The topological polar surface area (TPSA) is 0 Å². The lowest BCUT2D eigenvalue weighted by molar-refractivity contribution is 1.59. The minimum absolute atomic E-state index is 1.21. The maximum absolute atomic E-state index is 2.36. The molecule has 0 bridgehead atoms. The molecule has 10 aromatic rings. The molecular formula is C52H34. The standard InChI is InChI=1S/C52H34/c1-3-12-41-32-44(30-26-35(41)10-1)38-22-20-37(21-23-38)43-14-9-15-46(34-43)52-49-18-7-5-16-47(49)51(48-17-6-8-19-50(48)52)40-28-24-39(25-29-40)45-31-27-36-11-2-4-13-42(36)33-45/h1-34H. The minimum atomic E-state index is 1.21. The van der Waals surface area contributed by atoms with E-state index in [9.17, 15) is 0 Å². The van der Waals surface area contributed by atoms with Crippen molar-refractivity contribution in [3.05, 3.63) is 206 Å². The van der Waals surface area contributed by atoms with E-state index in [0.29, 0.717) is 0 Å². The van der Waals surface area contributed by atoms with Crippen LogP contribution < -0.4 is 0 Å². The molecule has 0 heteroatoms. The summed E-state index contributed by atoms with van der Waals surface area (Å²) in [7, 11) is 0. The highest BCUT2D eigenvalue weighted by Gasteiger charge is 2.17. The summed E-state index contributed by atoms with van der Waals surface area (Å²) in [5, 5.41) is 10.1. The van der Waals surface area contributed by atoms with E-state index < -0.39 is 0 Å². The minimum Gasteiger partial charge on any atom is -0.0616 e. The number of benzene rings is 10. The first kappa shape index (κ1) is 30.1. The van der Waals surface area contributed by atoms with Gasteiger partial charge in [-0.05, 0) is 117 Å². The van der Waals surface area contributed by atoms with Gasteiger partial charge in [-0.3, -0.25) is 0 Å². The first-order valence-corrected chi connectivity index (χ1v) is 18.0. The number of rotatable bonds is 5. The van der Waals surface area contributed by atoms with Crippen LogP contribution in [0.25, 0.3) is 98.7 Å². The highest BCUT2D eigenvalue weighted by atomic mass is 14.2. The van der Waals surface area contributed by atoms with Gasteiger partial charge in [0.25, 0.3) is 0 Å². The van der Waals surface area contributed by atoms with Crippen molar-refractivity contribution in [2.45, 2.75) is 0 Å². The van der Waals surface area contributed by atoms with Crippen LogP contribution in [0, 0.1) is 0 Å². The van der Waals surface area contributed by atoms with Gasteiger partial charge in [0.15, 0.2) is 0 Å². The van der Waals surface area contributed by atoms with Gasteiger partial charge in [0.05, 0.1) is 0 Å². The molecule has 0 radical (unpaired) electrons. The van der Waals surface area contributed by atoms with Crippen LogP contribution in [0.15, 0.2) is 206 Å². The summed E-state index contributed by atoms with van der Waals surface area (Å²) in [6, 6.07) is 75.5. The van der Waals surface area contributed by atoms with E-state index in [1.54, 1.807) is 0 Å². The maximum Gasteiger partial charge on any atom is -0.00262 e. The third-order valence-electron chi connectivity index (χ3n) is 10.6. The van der Waals surface area contributed by atoms with Gasteiger partial charge in [-0.2, -0.15) is 0 Å². The fourth-order valence-corrected chi connectivity index (χ4v) is 8.03. The number of hydrogen-bond donors (Lipinski definition) is 0. The van der Waals surface area contributed by atoms with E-state index >= 15 is 0 Å². The predicted molar refractivity (Wildman–Crippen MR) is 224 cm³/mol. The van der Waals surface area contributed by atoms with Crippen LogP contribution in [-0.4, -0.2) is 0 Å². The summed E-state index contributed by atoms with van der Waals surface area (Å²) in [6.07, 6.45) is 0. The molecular weight excluding hydrogens is 625 g/mol. The molecule has 0 heterocycles. The van der Waals surface area contributed by atoms with Crippen molar-refractivity contribution < 1.29 is 0 Å². The molecule has 0 unspecified atom stereocenters. The molecule has 0 nitrogen and oxygen atoms in total. The Bertz CT molecular complexity index is 2870. The smallest absolute Gasteiger partial charge is 0.00262 e. The molecule has 0 aliphatic rings. The molecule has 52 heavy (non-hydrogen) atoms. The van der Waals surface area contributed by atoms with Crippen molar-refractivity contribution >= 4 is 43.1 Å². The highest BCUT2D eigenvalue weighted by Crippen LogP contribution is 2.44. The Balaban J connectivity index is 1.05. The Morgan fingerprint density at radius 3 is 0.962 bits per heavy atom. The van der Waals surface area contributed by atoms with Crippen LogP contribution >= 0.6 is 0 Å². The Hall–Kier alpha value is -6.76. The molecule has 10 aromatic carbocycles. The summed E-state index contributed by atoms with van der Waals surface area (Å²) in [4.78, 5) is 0. The van der Waals surface area contributed by atoms with Gasteiger partial charge >= 0.3 is 0 Å². The first-order valence-electron chi connectivity index (χ1n) is 18.0. The van der Waals surface area contributed by atoms with E-state index in [1.165, 1.54) is 98.7 Å². The number of fused-ring (bicyclic) bond motifs is 4. The summed E-state index contributed by atoms with van der Waals surface area (Å²) in [6.45, 7) is 0. The lowest BCUT2D eigenvalue weighted by Gasteiger charge is -2.18. The Labute approximate surface area is 303 Å². The molecule has 10 rings (SSSR count). The molecule has 0 N–H and O–H groups in total. The summed E-state index contributed by atoms with van der Waals surface area (Å²) >= 11 is 0. The van der Waals surface area contributed by atoms with E-state index in [4.69, 9.17) is 0 Å². The van der Waals surface area contributed by atoms with Crippen molar-refractivity contribution in [2.24, 2.45) is 0 Å². The van der Waals surface area contributed by atoms with Gasteiger partial charge in [-0.1, -0.05) is 188 Å². The van der Waals surface area contributed by atoms with Gasteiger partial charge < -0.3 is 0 Å². The summed E-state index contributed by atoms with van der Waals surface area (Å²) in [5.41, 5.74) is 12.3. The lowest BCUT2D eigenvalue weighted by Crippen LogP contribution is -1.91. The highest BCUT2D eigenvalue weighted by molar-refractivity contribution is 6.21. The Morgan fingerprint density at radius 2 is 0.500 bits per heavy atom. The van der Waals surface area contributed by atoms with Crippen LogP contribution in [-0.2, 0) is 0 Å². The molecule has 0 amide bonds. The average molecular weight is 659 g/mol. The SMILES string of the molecule is c1cc(-c2ccc(-c3ccc4ccccc4c3)cc2)cc(-c2c3ccccc3c(-c3ccc(-c4ccc5ccccc5c4)cc3)c3ccccc23)c1. The van der Waals surface area contributed by atoms with Gasteiger partial charge in [0.2, 0.25) is 0 Å². The molecule has 0 atom stereocenters. The quantitative estimate of drug-likeness (QED) is 0.161. The third-order valence-corrected chi connectivity index (χ3v) is 10.6. The molecule has 0 aliphatic carbocycles. The van der Waals surface area contributed by atoms with Gasteiger partial charge in [-0.15, -0.1) is 0 Å². The molecule has 0 aliphatic heterocycles. The van der Waals surface area contributed by atoms with Crippen LogP contribution in [0.3, 0.4) is 0 Å². The van der Waals surface area contributed by atoms with E-state index in [-0.39, 0.29) is 0 Å².